The number of rotatable bonds is 2. The van der Waals surface area contributed by atoms with Gasteiger partial charge in [-0.1, -0.05) is 18.2 Å². The third-order valence-electron chi connectivity index (χ3n) is 5.41. The van der Waals surface area contributed by atoms with Gasteiger partial charge in [-0.25, -0.2) is 9.97 Å². The van der Waals surface area contributed by atoms with Crippen LogP contribution < -0.4 is 5.46 Å². The first kappa shape index (κ1) is 17.3. The van der Waals surface area contributed by atoms with Gasteiger partial charge in [0.1, 0.15) is 0 Å². The van der Waals surface area contributed by atoms with Crippen LogP contribution in [0.25, 0.3) is 30.4 Å². The van der Waals surface area contributed by atoms with Crippen molar-refractivity contribution in [2.45, 2.75) is 38.9 Å². The highest BCUT2D eigenvalue weighted by Crippen LogP contribution is 2.38. The second-order valence-corrected chi connectivity index (χ2v) is 9.88. The lowest BCUT2D eigenvalue weighted by molar-refractivity contribution is 0.00578. The highest BCUT2D eigenvalue weighted by Gasteiger charge is 2.51. The molecule has 0 radical (unpaired) electrons. The number of hydrogen-bond acceptors (Lipinski definition) is 6. The van der Waals surface area contributed by atoms with Crippen LogP contribution in [0.5, 0.6) is 0 Å². The highest BCUT2D eigenvalue weighted by molar-refractivity contribution is 7.27. The normalized spacial score (nSPS) is 18.6. The molecule has 1 aliphatic heterocycles. The molecule has 5 rings (SSSR count). The Bertz CT molecular complexity index is 1120. The summed E-state index contributed by atoms with van der Waals surface area (Å²) in [5, 5.41) is 1.92. The number of para-hydroxylation sites is 1. The Morgan fingerprint density at radius 2 is 1.37 bits per heavy atom. The number of hydrogen-bond donors (Lipinski definition) is 0. The Balaban J connectivity index is 1.52. The predicted octanol–water partition coefficient (Wildman–Crippen LogP) is 4.87. The molecule has 0 atom stereocenters. The van der Waals surface area contributed by atoms with Crippen molar-refractivity contribution >= 4 is 55.7 Å². The standard InChI is InChI=1S/C20H19BN2O2S2/c1-19(2)20(3,4)25-21(24-19)12-9-10-14-16(11-12)27-18(23-14)17-22-13-7-5-6-8-15(13)26-17/h5-11H,1-4H3. The molecule has 27 heavy (non-hydrogen) atoms. The number of fused-ring (bicyclic) bond motifs is 2. The molecule has 0 spiro atoms. The van der Waals surface area contributed by atoms with Crippen molar-refractivity contribution in [2.24, 2.45) is 0 Å². The molecule has 136 valence electrons. The van der Waals surface area contributed by atoms with Gasteiger partial charge < -0.3 is 9.31 Å². The van der Waals surface area contributed by atoms with Gasteiger partial charge in [0.2, 0.25) is 0 Å². The van der Waals surface area contributed by atoms with E-state index in [9.17, 15) is 0 Å². The van der Waals surface area contributed by atoms with Crippen molar-refractivity contribution in [1.82, 2.24) is 9.97 Å². The zero-order valence-corrected chi connectivity index (χ0v) is 17.3. The summed E-state index contributed by atoms with van der Waals surface area (Å²) >= 11 is 3.35. The molecule has 1 aliphatic rings. The molecule has 0 amide bonds. The van der Waals surface area contributed by atoms with Crippen molar-refractivity contribution in [3.63, 3.8) is 0 Å². The maximum Gasteiger partial charge on any atom is 0.494 e. The van der Waals surface area contributed by atoms with Gasteiger partial charge in [0, 0.05) is 0 Å². The number of aromatic nitrogens is 2. The van der Waals surface area contributed by atoms with Gasteiger partial charge in [0.15, 0.2) is 10.0 Å². The zero-order valence-electron chi connectivity index (χ0n) is 15.6. The van der Waals surface area contributed by atoms with E-state index in [1.165, 1.54) is 4.70 Å². The second kappa shape index (κ2) is 5.85. The molecule has 0 saturated carbocycles. The molecular formula is C20H19BN2O2S2. The smallest absolute Gasteiger partial charge is 0.399 e. The molecule has 7 heteroatoms. The van der Waals surface area contributed by atoms with Crippen LogP contribution in [0.3, 0.4) is 0 Å². The lowest BCUT2D eigenvalue weighted by Crippen LogP contribution is -2.41. The minimum atomic E-state index is -0.354. The van der Waals surface area contributed by atoms with E-state index in [2.05, 4.69) is 39.8 Å². The summed E-state index contributed by atoms with van der Waals surface area (Å²) in [6.45, 7) is 8.29. The van der Waals surface area contributed by atoms with E-state index in [1.54, 1.807) is 22.7 Å². The maximum atomic E-state index is 6.18. The van der Waals surface area contributed by atoms with Crippen molar-refractivity contribution in [3.8, 4) is 10.0 Å². The Labute approximate surface area is 166 Å². The minimum Gasteiger partial charge on any atom is -0.399 e. The monoisotopic (exact) mass is 394 g/mol. The average molecular weight is 394 g/mol. The Morgan fingerprint density at radius 1 is 0.778 bits per heavy atom. The van der Waals surface area contributed by atoms with Crippen molar-refractivity contribution in [1.29, 1.82) is 0 Å². The van der Waals surface area contributed by atoms with Crippen LogP contribution in [-0.2, 0) is 9.31 Å². The predicted molar refractivity (Wildman–Crippen MR) is 114 cm³/mol. The van der Waals surface area contributed by atoms with Gasteiger partial charge in [0.25, 0.3) is 0 Å². The molecule has 4 aromatic rings. The molecule has 2 aromatic carbocycles. The van der Waals surface area contributed by atoms with Crippen LogP contribution in [0.15, 0.2) is 42.5 Å². The van der Waals surface area contributed by atoms with Gasteiger partial charge in [0.05, 0.1) is 31.6 Å². The SMILES string of the molecule is CC1(C)OB(c2ccc3nc(-c4nc5ccccc5s4)sc3c2)OC1(C)C. The lowest BCUT2D eigenvalue weighted by Gasteiger charge is -2.32. The largest absolute Gasteiger partial charge is 0.494 e. The first-order valence-electron chi connectivity index (χ1n) is 8.94. The second-order valence-electron chi connectivity index (χ2n) is 7.82. The molecule has 1 fully saturated rings. The summed E-state index contributed by atoms with van der Waals surface area (Å²) in [7, 11) is -0.354. The topological polar surface area (TPSA) is 44.2 Å². The highest BCUT2D eigenvalue weighted by atomic mass is 32.1. The fourth-order valence-corrected chi connectivity index (χ4v) is 5.12. The number of nitrogens with zero attached hydrogens (tertiary/aromatic N) is 2. The summed E-state index contributed by atoms with van der Waals surface area (Å²) in [4.78, 5) is 9.52. The van der Waals surface area contributed by atoms with Crippen LogP contribution in [0.2, 0.25) is 0 Å². The molecule has 4 nitrogen and oxygen atoms in total. The molecule has 0 unspecified atom stereocenters. The summed E-state index contributed by atoms with van der Waals surface area (Å²) in [6, 6.07) is 14.4. The Kier molecular flexibility index (Phi) is 3.75. The zero-order chi connectivity index (χ0) is 18.8. The van der Waals surface area contributed by atoms with E-state index in [0.29, 0.717) is 0 Å². The van der Waals surface area contributed by atoms with E-state index >= 15 is 0 Å². The fraction of sp³-hybridized carbons (Fsp3) is 0.300. The molecule has 0 bridgehead atoms. The maximum absolute atomic E-state index is 6.18. The summed E-state index contributed by atoms with van der Waals surface area (Å²) in [6.07, 6.45) is 0. The Hall–Kier alpha value is -1.80. The fourth-order valence-electron chi connectivity index (χ4n) is 3.12. The molecule has 0 aliphatic carbocycles. The molecule has 3 heterocycles. The van der Waals surface area contributed by atoms with Gasteiger partial charge in [-0.15, -0.1) is 22.7 Å². The van der Waals surface area contributed by atoms with Crippen LogP contribution in [0.1, 0.15) is 27.7 Å². The number of thiazole rings is 2. The van der Waals surface area contributed by atoms with E-state index < -0.39 is 0 Å². The van der Waals surface area contributed by atoms with E-state index in [1.807, 2.05) is 30.3 Å². The van der Waals surface area contributed by atoms with Crippen LogP contribution in [-0.4, -0.2) is 28.3 Å². The van der Waals surface area contributed by atoms with E-state index in [4.69, 9.17) is 19.3 Å². The molecule has 2 aromatic heterocycles. The third-order valence-corrected chi connectivity index (χ3v) is 7.61. The van der Waals surface area contributed by atoms with Crippen molar-refractivity contribution < 1.29 is 9.31 Å². The van der Waals surface area contributed by atoms with Crippen LogP contribution in [0.4, 0.5) is 0 Å². The average Bonchev–Trinajstić information content (AvgIpc) is 3.28. The van der Waals surface area contributed by atoms with E-state index in [-0.39, 0.29) is 18.3 Å². The minimum absolute atomic E-state index is 0.341. The summed E-state index contributed by atoms with van der Waals surface area (Å²) < 4.78 is 14.7. The van der Waals surface area contributed by atoms with Crippen molar-refractivity contribution in [3.05, 3.63) is 42.5 Å². The summed E-state index contributed by atoms with van der Waals surface area (Å²) in [5.41, 5.74) is 2.35. The molecule has 0 N–H and O–H groups in total. The van der Waals surface area contributed by atoms with Crippen LogP contribution in [0, 0.1) is 0 Å². The molecule has 1 saturated heterocycles. The van der Waals surface area contributed by atoms with Crippen LogP contribution >= 0.6 is 22.7 Å². The van der Waals surface area contributed by atoms with Gasteiger partial charge in [-0.2, -0.15) is 0 Å². The van der Waals surface area contributed by atoms with Gasteiger partial charge in [-0.05, 0) is 57.4 Å². The third kappa shape index (κ3) is 2.81. The molecular weight excluding hydrogens is 375 g/mol. The first-order valence-corrected chi connectivity index (χ1v) is 10.6. The van der Waals surface area contributed by atoms with Gasteiger partial charge in [-0.3, -0.25) is 0 Å². The Morgan fingerprint density at radius 3 is 2.04 bits per heavy atom. The van der Waals surface area contributed by atoms with Crippen molar-refractivity contribution in [2.75, 3.05) is 0 Å². The van der Waals surface area contributed by atoms with E-state index in [0.717, 1.165) is 31.2 Å². The summed E-state index contributed by atoms with van der Waals surface area (Å²) in [5.74, 6) is 0. The first-order chi connectivity index (χ1) is 12.8. The quantitative estimate of drug-likeness (QED) is 0.455. The lowest BCUT2D eigenvalue weighted by atomic mass is 9.79. The number of benzene rings is 2. The van der Waals surface area contributed by atoms with Gasteiger partial charge >= 0.3 is 7.12 Å².